The predicted molar refractivity (Wildman–Crippen MR) is 381 cm³/mol. The molecule has 2 amide bonds. The Balaban J connectivity index is 0.00000124. The van der Waals surface area contributed by atoms with Gasteiger partial charge in [-0.15, -0.1) is 0 Å². The zero-order chi connectivity index (χ0) is 71.7. The summed E-state index contributed by atoms with van der Waals surface area (Å²) in [5, 5.41) is 44.9. The molecule has 546 valence electrons. The largest absolute Gasteiger partial charge is 1.00 e. The van der Waals surface area contributed by atoms with Gasteiger partial charge < -0.3 is 53.2 Å². The van der Waals surface area contributed by atoms with Crippen LogP contribution in [-0.2, 0) is 74.0 Å². The third-order valence-electron chi connectivity index (χ3n) is 12.0. The van der Waals surface area contributed by atoms with E-state index >= 15 is 0 Å². The summed E-state index contributed by atoms with van der Waals surface area (Å²) in [4.78, 5) is 130. The third kappa shape index (κ3) is 33.3. The number of aromatic amines is 1. The fourth-order valence-corrected chi connectivity index (χ4v) is 8.93. The minimum Gasteiger partial charge on any atom is -1.00 e. The van der Waals surface area contributed by atoms with E-state index in [9.17, 15) is 28.8 Å². The first-order valence-corrected chi connectivity index (χ1v) is 32.2. The number of carboxylic acids is 1. The number of nitrogens with zero attached hydrogens (tertiary/aromatic N) is 20. The van der Waals surface area contributed by atoms with Crippen LogP contribution in [0.3, 0.4) is 0 Å². The van der Waals surface area contributed by atoms with Gasteiger partial charge in [-0.2, -0.15) is 20.4 Å². The van der Waals surface area contributed by atoms with Crippen molar-refractivity contribution in [3.05, 3.63) is 100 Å². The number of ketones is 1. The minimum absolute atomic E-state index is 0. The first-order valence-electron chi connectivity index (χ1n) is 28.7. The number of ether oxygens (including phenoxy) is 2. The van der Waals surface area contributed by atoms with Crippen molar-refractivity contribution in [2.75, 3.05) is 35.2 Å². The van der Waals surface area contributed by atoms with Gasteiger partial charge in [0.15, 0.2) is 34.2 Å². The number of anilines is 3. The van der Waals surface area contributed by atoms with Gasteiger partial charge >= 0.3 is 121 Å². The molecular formula is C59H76Br3Cl2K2N25O12. The Hall–Kier alpha value is -6.34. The molecule has 44 heteroatoms. The number of nitrogens with two attached hydrogens (primary N) is 2. The molecule has 0 saturated heterocycles. The van der Waals surface area contributed by atoms with E-state index < -0.39 is 11.6 Å². The van der Waals surface area contributed by atoms with Gasteiger partial charge in [0.25, 0.3) is 6.47 Å². The average molecular weight is 1720 g/mol. The summed E-state index contributed by atoms with van der Waals surface area (Å²) in [6.45, 7) is 10.9. The number of carboxylic acid groups (broad SMARTS) is 1. The molecule has 2 aliphatic rings. The summed E-state index contributed by atoms with van der Waals surface area (Å²) >= 11 is 21.0. The number of Topliss-reactive ketones (excluding diaryl/α,β-unsaturated/α-hetero) is 1. The molecule has 10 aromatic heterocycles. The molecule has 37 nitrogen and oxygen atoms in total. The molecule has 12 rings (SSSR count). The number of alkyl halides is 1. The number of halogens is 5. The first-order chi connectivity index (χ1) is 46.5. The van der Waals surface area contributed by atoms with E-state index in [2.05, 4.69) is 149 Å². The normalized spacial score (nSPS) is 11.6. The summed E-state index contributed by atoms with van der Waals surface area (Å²) in [7, 11) is 0. The van der Waals surface area contributed by atoms with Crippen LogP contribution in [0.2, 0.25) is 10.3 Å². The van der Waals surface area contributed by atoms with Crippen LogP contribution in [0.25, 0.3) is 44.1 Å². The molecule has 0 atom stereocenters. The van der Waals surface area contributed by atoms with Crippen molar-refractivity contribution >= 4 is 175 Å². The van der Waals surface area contributed by atoms with Crippen molar-refractivity contribution in [3.8, 4) is 0 Å². The van der Waals surface area contributed by atoms with Crippen LogP contribution in [-0.4, -0.2) is 193 Å². The number of nitrogen functional groups attached to an aromatic ring is 2. The number of amides is 2. The molecule has 0 aromatic carbocycles. The van der Waals surface area contributed by atoms with Crippen LogP contribution in [0.1, 0.15) is 96.6 Å². The zero-order valence-corrected chi connectivity index (χ0v) is 67.4. The monoisotopic (exact) mass is 1710 g/mol. The van der Waals surface area contributed by atoms with Gasteiger partial charge in [0.2, 0.25) is 11.8 Å². The Morgan fingerprint density at radius 3 is 1.65 bits per heavy atom. The standard InChI is InChI=1S/C16H16BrN9O2.C11H13ClN4O2.C10H12BrN3O.C7H7N5O2.C6H11BrO2.C5H3ClN4.CH2O3.3CH4.2K.H/c17-11-4-19-5-12(23-11)24-13(27)6-25(9-1-2-9)14(28)7-26-16-10(3-22-26)15(18)20-8-21-16;1-11(2,3)18-8(17)5-16-10-7(4-15-16)9(12)13-6-14-10;11-10-6-12-4-8(14-10)3-9(15)5-13-7-1-2-7;8-6-4-1-11-12(2-5(13)14)7(4)10-3-9-6;1-6(2,3)9-5(8)4-7;6-4-3-1-9-10-5(3)8-2-7-4;2-1-4-3;;;;;;/h3-5,8-9H,1-2,6-7H2,(H2,18,20,21)(H,23,24,27);4,6H,5H2,1-3H3;4,6-7,13H,1-3,5H2;1,3H,2H2,(H,13,14)(H2,8,9,10);4H2,1-3H3;1-2H,(H,7,8,9,10);1,3H;3*1H4;;;/q;;;;;;;;;;2*+1;-1/p-1. The van der Waals surface area contributed by atoms with E-state index in [1.165, 1.54) is 83.2 Å². The molecule has 10 aromatic rings. The second kappa shape index (κ2) is 46.6. The molecule has 8 N–H and O–H groups in total. The van der Waals surface area contributed by atoms with Crippen LogP contribution < -0.4 is 130 Å². The van der Waals surface area contributed by atoms with Gasteiger partial charge in [-0.1, -0.05) is 61.4 Å². The Labute approximate surface area is 712 Å². The Morgan fingerprint density at radius 1 is 0.680 bits per heavy atom. The molecular weight excluding hydrogens is 1640 g/mol. The second-order valence-corrected chi connectivity index (χ2v) is 25.1. The van der Waals surface area contributed by atoms with Crippen LogP contribution in [0.5, 0.6) is 0 Å². The Morgan fingerprint density at radius 2 is 1.17 bits per heavy atom. The molecule has 0 radical (unpaired) electrons. The average Bonchev–Trinajstić information content (AvgIpc) is 1.66. The summed E-state index contributed by atoms with van der Waals surface area (Å²) in [5.74, 6) is -1.06. The van der Waals surface area contributed by atoms with Crippen LogP contribution >= 0.6 is 71.0 Å². The summed E-state index contributed by atoms with van der Waals surface area (Å²) in [5.41, 5.74) is 13.3. The number of aromatic nitrogens is 20. The molecule has 103 heavy (non-hydrogen) atoms. The van der Waals surface area contributed by atoms with Gasteiger partial charge in [-0.3, -0.25) is 48.6 Å². The van der Waals surface area contributed by atoms with E-state index in [-0.39, 0.29) is 206 Å². The number of hydrogen-bond acceptors (Lipinski definition) is 30. The van der Waals surface area contributed by atoms with Crippen LogP contribution in [0.15, 0.2) is 84.1 Å². The number of aliphatic carboxylic acids is 1. The topological polar surface area (TPSA) is 507 Å². The molecule has 0 bridgehead atoms. The number of hydrogen-bond donors (Lipinski definition) is 6. The van der Waals surface area contributed by atoms with Crippen molar-refractivity contribution in [3.63, 3.8) is 0 Å². The van der Waals surface area contributed by atoms with Gasteiger partial charge in [-0.25, -0.2) is 63.9 Å². The van der Waals surface area contributed by atoms with E-state index in [0.717, 1.165) is 18.2 Å². The molecule has 0 unspecified atom stereocenters. The third-order valence-corrected chi connectivity index (χ3v) is 13.9. The molecule has 0 aliphatic heterocycles. The minimum atomic E-state index is -0.979. The summed E-state index contributed by atoms with van der Waals surface area (Å²) < 4.78 is 15.5. The van der Waals surface area contributed by atoms with Gasteiger partial charge in [0.1, 0.15) is 99.2 Å². The Kier molecular flexibility index (Phi) is 42.8. The summed E-state index contributed by atoms with van der Waals surface area (Å²) in [6, 6.07) is 0.621. The molecule has 2 aliphatic carbocycles. The first kappa shape index (κ1) is 94.7. The van der Waals surface area contributed by atoms with Crippen molar-refractivity contribution in [2.45, 2.75) is 139 Å². The van der Waals surface area contributed by atoms with Crippen molar-refractivity contribution in [1.29, 1.82) is 0 Å². The smallest absolute Gasteiger partial charge is 1.00 e. The van der Waals surface area contributed by atoms with Gasteiger partial charge in [0, 0.05) is 18.3 Å². The number of H-pyrrole nitrogens is 1. The zero-order valence-electron chi connectivity index (χ0n) is 55.9. The van der Waals surface area contributed by atoms with E-state index in [4.69, 9.17) is 59.3 Å². The fraction of sp³-hybridized carbons (Fsp3) is 0.407. The number of rotatable bonds is 17. The van der Waals surface area contributed by atoms with E-state index in [1.807, 2.05) is 41.5 Å². The second-order valence-electron chi connectivity index (χ2n) is 22.2. The van der Waals surface area contributed by atoms with Crippen molar-refractivity contribution < 1.29 is 162 Å². The van der Waals surface area contributed by atoms with Crippen molar-refractivity contribution in [2.24, 2.45) is 0 Å². The predicted octanol–water partition coefficient (Wildman–Crippen LogP) is 0.201. The maximum absolute atomic E-state index is 12.8. The maximum Gasteiger partial charge on any atom is 1.00 e. The van der Waals surface area contributed by atoms with Gasteiger partial charge in [-0.05, 0) is 99.1 Å². The SMILES string of the molecule is C.C.C.CC(C)(C)OC(=O)CBr.CC(C)(C)OC(=O)Cn1ncc2c(Cl)ncnc21.Clc1ncnc2[nH]ncc12.Nc1ncnc2c1cnn2CC(=O)N(CC(=O)Nc1cncc(Br)n1)C1CC1.Nc1ncnc2c1cnn2CC(=O)O.O=C(CNC1CC1)Cc1cncc(Br)n1.O=CO[O-].[H-].[K+].[K+]. The molecule has 2 fully saturated rings. The molecule has 10 heterocycles. The van der Waals surface area contributed by atoms with Crippen LogP contribution in [0.4, 0.5) is 17.5 Å². The number of carbonyl (C=O) groups is 7. The van der Waals surface area contributed by atoms with Crippen molar-refractivity contribution in [1.82, 2.24) is 110 Å². The number of nitrogens with one attached hydrogen (secondary N) is 3. The van der Waals surface area contributed by atoms with Crippen LogP contribution in [0, 0.1) is 0 Å². The maximum atomic E-state index is 12.8. The quantitative estimate of drug-likeness (QED) is 0.0135. The van der Waals surface area contributed by atoms with Gasteiger partial charge in [0.05, 0.1) is 83.6 Å². The number of carbonyl (C=O) groups excluding carboxylic acids is 6. The molecule has 2 saturated carbocycles. The molecule has 0 spiro atoms. The fourth-order valence-electron chi connectivity index (χ4n) is 7.80. The number of fused-ring (bicyclic) bond motifs is 4. The van der Waals surface area contributed by atoms with E-state index in [0.29, 0.717) is 100 Å². The Bertz CT molecular complexity index is 4380. The van der Waals surface area contributed by atoms with E-state index in [1.54, 1.807) is 23.5 Å². The summed E-state index contributed by atoms with van der Waals surface area (Å²) in [6.07, 6.45) is 22.1. The number of esters is 2.